The van der Waals surface area contributed by atoms with E-state index in [0.717, 1.165) is 37.6 Å². The van der Waals surface area contributed by atoms with Crippen LogP contribution >= 0.6 is 11.6 Å². The summed E-state index contributed by atoms with van der Waals surface area (Å²) in [5, 5.41) is 0.760. The second-order valence-electron chi connectivity index (χ2n) is 4.59. The van der Waals surface area contributed by atoms with Crippen molar-refractivity contribution in [3.63, 3.8) is 0 Å². The SMILES string of the molecule is CCCC(=O)N1CCN(c2ccc(Cl)cc2)CC1. The number of rotatable bonds is 3. The van der Waals surface area contributed by atoms with Gasteiger partial charge in [0, 0.05) is 43.3 Å². The number of nitrogens with zero attached hydrogens (tertiary/aromatic N) is 2. The van der Waals surface area contributed by atoms with Gasteiger partial charge in [0.1, 0.15) is 0 Å². The van der Waals surface area contributed by atoms with Crippen molar-refractivity contribution in [2.75, 3.05) is 31.1 Å². The van der Waals surface area contributed by atoms with Crippen LogP contribution in [-0.2, 0) is 4.79 Å². The number of carbonyl (C=O) groups excluding carboxylic acids is 1. The summed E-state index contributed by atoms with van der Waals surface area (Å²) in [6.45, 7) is 5.49. The van der Waals surface area contributed by atoms with E-state index in [1.165, 1.54) is 5.69 Å². The highest BCUT2D eigenvalue weighted by Gasteiger charge is 2.20. The Morgan fingerprint density at radius 2 is 1.78 bits per heavy atom. The predicted octanol–water partition coefficient (Wildman–Crippen LogP) is 2.79. The van der Waals surface area contributed by atoms with E-state index in [1.807, 2.05) is 36.1 Å². The average Bonchev–Trinajstić information content (AvgIpc) is 2.40. The molecule has 0 aliphatic carbocycles. The Labute approximate surface area is 113 Å². The molecule has 0 N–H and O–H groups in total. The monoisotopic (exact) mass is 266 g/mol. The van der Waals surface area contributed by atoms with Crippen LogP contribution in [-0.4, -0.2) is 37.0 Å². The van der Waals surface area contributed by atoms with Crippen LogP contribution in [0.3, 0.4) is 0 Å². The van der Waals surface area contributed by atoms with Gasteiger partial charge in [-0.15, -0.1) is 0 Å². The summed E-state index contributed by atoms with van der Waals surface area (Å²) in [5.74, 6) is 0.285. The molecule has 1 fully saturated rings. The van der Waals surface area contributed by atoms with E-state index in [9.17, 15) is 4.79 Å². The molecule has 18 heavy (non-hydrogen) atoms. The lowest BCUT2D eigenvalue weighted by Crippen LogP contribution is -2.48. The fraction of sp³-hybridized carbons (Fsp3) is 0.500. The quantitative estimate of drug-likeness (QED) is 0.840. The Balaban J connectivity index is 1.90. The molecule has 1 aliphatic rings. The summed E-state index contributed by atoms with van der Waals surface area (Å²) >= 11 is 5.88. The van der Waals surface area contributed by atoms with Gasteiger partial charge >= 0.3 is 0 Å². The van der Waals surface area contributed by atoms with E-state index in [-0.39, 0.29) is 5.91 Å². The lowest BCUT2D eigenvalue weighted by Gasteiger charge is -2.36. The first-order valence-electron chi connectivity index (χ1n) is 6.49. The lowest BCUT2D eigenvalue weighted by atomic mass is 10.2. The zero-order valence-corrected chi connectivity index (χ0v) is 11.5. The number of hydrogen-bond donors (Lipinski definition) is 0. The number of carbonyl (C=O) groups is 1. The van der Waals surface area contributed by atoms with Gasteiger partial charge in [-0.3, -0.25) is 4.79 Å². The fourth-order valence-electron chi connectivity index (χ4n) is 2.24. The molecule has 0 radical (unpaired) electrons. The van der Waals surface area contributed by atoms with Crippen molar-refractivity contribution in [2.24, 2.45) is 0 Å². The van der Waals surface area contributed by atoms with Crippen molar-refractivity contribution in [1.82, 2.24) is 4.90 Å². The van der Waals surface area contributed by atoms with Gasteiger partial charge in [0.25, 0.3) is 0 Å². The predicted molar refractivity (Wildman–Crippen MR) is 75.2 cm³/mol. The molecule has 0 saturated carbocycles. The number of benzene rings is 1. The van der Waals surface area contributed by atoms with Gasteiger partial charge in [0.05, 0.1) is 0 Å². The molecule has 1 aromatic carbocycles. The molecular formula is C14H19ClN2O. The van der Waals surface area contributed by atoms with Crippen LogP contribution in [0.4, 0.5) is 5.69 Å². The molecule has 0 atom stereocenters. The van der Waals surface area contributed by atoms with Crippen LogP contribution in [0, 0.1) is 0 Å². The number of anilines is 1. The van der Waals surface area contributed by atoms with Crippen molar-refractivity contribution >= 4 is 23.2 Å². The average molecular weight is 267 g/mol. The Bertz CT molecular complexity index is 397. The number of hydrogen-bond acceptors (Lipinski definition) is 2. The van der Waals surface area contributed by atoms with E-state index < -0.39 is 0 Å². The van der Waals surface area contributed by atoms with Gasteiger partial charge in [0.2, 0.25) is 5.91 Å². The number of halogens is 1. The van der Waals surface area contributed by atoms with Crippen LogP contribution in [0.5, 0.6) is 0 Å². The molecule has 3 nitrogen and oxygen atoms in total. The smallest absolute Gasteiger partial charge is 0.222 e. The summed E-state index contributed by atoms with van der Waals surface area (Å²) in [5.41, 5.74) is 1.18. The van der Waals surface area contributed by atoms with Crippen LogP contribution in [0.1, 0.15) is 19.8 Å². The van der Waals surface area contributed by atoms with Crippen molar-refractivity contribution < 1.29 is 4.79 Å². The molecule has 0 spiro atoms. The fourth-order valence-corrected chi connectivity index (χ4v) is 2.36. The number of piperazine rings is 1. The maximum absolute atomic E-state index is 11.8. The van der Waals surface area contributed by atoms with Crippen molar-refractivity contribution in [2.45, 2.75) is 19.8 Å². The first-order chi connectivity index (χ1) is 8.70. The molecule has 2 rings (SSSR count). The summed E-state index contributed by atoms with van der Waals surface area (Å²) in [4.78, 5) is 16.0. The number of amides is 1. The summed E-state index contributed by atoms with van der Waals surface area (Å²) in [6, 6.07) is 7.88. The molecule has 0 bridgehead atoms. The molecule has 1 amide bonds. The minimum Gasteiger partial charge on any atom is -0.368 e. The first kappa shape index (κ1) is 13.2. The largest absolute Gasteiger partial charge is 0.368 e. The van der Waals surface area contributed by atoms with Crippen LogP contribution < -0.4 is 4.90 Å². The van der Waals surface area contributed by atoms with Crippen LogP contribution in [0.25, 0.3) is 0 Å². The Morgan fingerprint density at radius 1 is 1.17 bits per heavy atom. The minimum absolute atomic E-state index is 0.285. The van der Waals surface area contributed by atoms with E-state index in [4.69, 9.17) is 11.6 Å². The second-order valence-corrected chi connectivity index (χ2v) is 5.03. The first-order valence-corrected chi connectivity index (χ1v) is 6.87. The molecular weight excluding hydrogens is 248 g/mol. The van der Waals surface area contributed by atoms with Gasteiger partial charge in [-0.2, -0.15) is 0 Å². The Hall–Kier alpha value is -1.22. The van der Waals surface area contributed by atoms with Gasteiger partial charge in [-0.1, -0.05) is 18.5 Å². The molecule has 4 heteroatoms. The normalized spacial score (nSPS) is 15.9. The third-order valence-corrected chi connectivity index (χ3v) is 3.54. The lowest BCUT2D eigenvalue weighted by molar-refractivity contribution is -0.131. The molecule has 1 aromatic rings. The Morgan fingerprint density at radius 3 is 2.33 bits per heavy atom. The van der Waals surface area contributed by atoms with Gasteiger partial charge in [-0.05, 0) is 30.7 Å². The standard InChI is InChI=1S/C14H19ClN2O/c1-2-3-14(18)17-10-8-16(9-11-17)13-6-4-12(15)5-7-13/h4-7H,2-3,8-11H2,1H3. The third-order valence-electron chi connectivity index (χ3n) is 3.29. The van der Waals surface area contributed by atoms with Gasteiger partial charge < -0.3 is 9.80 Å². The third kappa shape index (κ3) is 3.16. The van der Waals surface area contributed by atoms with Crippen molar-refractivity contribution in [1.29, 1.82) is 0 Å². The molecule has 0 aromatic heterocycles. The minimum atomic E-state index is 0.285. The molecule has 1 saturated heterocycles. The highest BCUT2D eigenvalue weighted by molar-refractivity contribution is 6.30. The van der Waals surface area contributed by atoms with Crippen LogP contribution in [0.2, 0.25) is 5.02 Å². The van der Waals surface area contributed by atoms with E-state index in [2.05, 4.69) is 4.90 Å². The molecule has 1 heterocycles. The highest BCUT2D eigenvalue weighted by Crippen LogP contribution is 2.19. The Kier molecular flexibility index (Phi) is 4.48. The highest BCUT2D eigenvalue weighted by atomic mass is 35.5. The molecule has 0 unspecified atom stereocenters. The van der Waals surface area contributed by atoms with E-state index in [0.29, 0.717) is 6.42 Å². The maximum Gasteiger partial charge on any atom is 0.222 e. The van der Waals surface area contributed by atoms with E-state index >= 15 is 0 Å². The molecule has 1 aliphatic heterocycles. The zero-order valence-electron chi connectivity index (χ0n) is 10.7. The van der Waals surface area contributed by atoms with Gasteiger partial charge in [-0.25, -0.2) is 0 Å². The summed E-state index contributed by atoms with van der Waals surface area (Å²) < 4.78 is 0. The maximum atomic E-state index is 11.8. The zero-order chi connectivity index (χ0) is 13.0. The summed E-state index contributed by atoms with van der Waals surface area (Å²) in [7, 11) is 0. The van der Waals surface area contributed by atoms with Gasteiger partial charge in [0.15, 0.2) is 0 Å². The van der Waals surface area contributed by atoms with Crippen LogP contribution in [0.15, 0.2) is 24.3 Å². The summed E-state index contributed by atoms with van der Waals surface area (Å²) in [6.07, 6.45) is 1.59. The topological polar surface area (TPSA) is 23.6 Å². The van der Waals surface area contributed by atoms with Crippen molar-refractivity contribution in [3.8, 4) is 0 Å². The van der Waals surface area contributed by atoms with E-state index in [1.54, 1.807) is 0 Å². The van der Waals surface area contributed by atoms with Crippen molar-refractivity contribution in [3.05, 3.63) is 29.3 Å². The second kappa shape index (κ2) is 6.10. The molecule has 98 valence electrons.